The molecule has 5 nitrogen and oxygen atoms in total. The third kappa shape index (κ3) is 2.48. The minimum absolute atomic E-state index is 0.496. The lowest BCUT2D eigenvalue weighted by Gasteiger charge is -2.05. The van der Waals surface area contributed by atoms with Crippen LogP contribution >= 0.6 is 0 Å². The molecule has 24 heavy (non-hydrogen) atoms. The Hall–Kier alpha value is -2.95. The molecule has 0 bridgehead atoms. The largest absolute Gasteiger partial charge is 0.382 e. The molecule has 0 amide bonds. The van der Waals surface area contributed by atoms with Gasteiger partial charge in [-0.1, -0.05) is 25.5 Å². The number of hydrogen-bond donors (Lipinski definition) is 2. The van der Waals surface area contributed by atoms with E-state index in [-0.39, 0.29) is 0 Å². The second-order valence-electron chi connectivity index (χ2n) is 5.98. The highest BCUT2D eigenvalue weighted by Crippen LogP contribution is 2.29. The van der Waals surface area contributed by atoms with Gasteiger partial charge < -0.3 is 10.7 Å². The van der Waals surface area contributed by atoms with Gasteiger partial charge in [0.15, 0.2) is 0 Å². The predicted molar refractivity (Wildman–Crippen MR) is 97.7 cm³/mol. The Kier molecular flexibility index (Phi) is 3.61. The normalized spacial score (nSPS) is 11.4. The molecule has 0 aliphatic rings. The number of nitrogens with zero attached hydrogens (tertiary/aromatic N) is 3. The summed E-state index contributed by atoms with van der Waals surface area (Å²) >= 11 is 0. The van der Waals surface area contributed by atoms with Gasteiger partial charge in [-0.2, -0.15) is 0 Å². The van der Waals surface area contributed by atoms with E-state index in [1.165, 1.54) is 0 Å². The fourth-order valence-electron chi connectivity index (χ4n) is 2.99. The number of pyridine rings is 2. The maximum absolute atomic E-state index is 6.16. The van der Waals surface area contributed by atoms with E-state index in [0.717, 1.165) is 58.2 Å². The van der Waals surface area contributed by atoms with Gasteiger partial charge in [-0.3, -0.25) is 4.98 Å². The summed E-state index contributed by atoms with van der Waals surface area (Å²) in [7, 11) is 0. The molecule has 5 heteroatoms. The van der Waals surface area contributed by atoms with E-state index in [4.69, 9.17) is 10.7 Å². The van der Waals surface area contributed by atoms with E-state index in [9.17, 15) is 0 Å². The Labute approximate surface area is 140 Å². The summed E-state index contributed by atoms with van der Waals surface area (Å²) in [4.78, 5) is 16.8. The molecule has 1 aromatic carbocycles. The van der Waals surface area contributed by atoms with Crippen molar-refractivity contribution in [2.24, 2.45) is 0 Å². The second-order valence-corrected chi connectivity index (χ2v) is 5.98. The monoisotopic (exact) mass is 317 g/mol. The van der Waals surface area contributed by atoms with Crippen LogP contribution in [0.5, 0.6) is 0 Å². The highest BCUT2D eigenvalue weighted by Gasteiger charge is 2.12. The van der Waals surface area contributed by atoms with Crippen molar-refractivity contribution in [2.75, 3.05) is 5.73 Å². The van der Waals surface area contributed by atoms with Gasteiger partial charge in [0.25, 0.3) is 0 Å². The van der Waals surface area contributed by atoms with E-state index >= 15 is 0 Å². The van der Waals surface area contributed by atoms with Crippen molar-refractivity contribution in [3.8, 4) is 11.1 Å². The molecule has 0 atom stereocenters. The summed E-state index contributed by atoms with van der Waals surface area (Å²) in [5, 5.41) is 1.02. The number of anilines is 1. The molecule has 0 fully saturated rings. The SMILES string of the molecule is CCCCc1nc2c([nH]1)c(N)nc1cc(-c3cccnc3)ccc12. The molecule has 3 N–H and O–H groups in total. The molecule has 3 aromatic heterocycles. The molecule has 0 aliphatic heterocycles. The van der Waals surface area contributed by atoms with Gasteiger partial charge in [-0.05, 0) is 30.2 Å². The third-order valence-electron chi connectivity index (χ3n) is 4.26. The van der Waals surface area contributed by atoms with Crippen LogP contribution in [0.4, 0.5) is 5.82 Å². The first-order valence-electron chi connectivity index (χ1n) is 8.24. The summed E-state index contributed by atoms with van der Waals surface area (Å²) in [6.07, 6.45) is 6.79. The van der Waals surface area contributed by atoms with Crippen LogP contribution in [0.15, 0.2) is 42.7 Å². The molecule has 120 valence electrons. The van der Waals surface area contributed by atoms with Crippen LogP contribution in [0.2, 0.25) is 0 Å². The van der Waals surface area contributed by atoms with Crippen molar-refractivity contribution >= 4 is 27.8 Å². The van der Waals surface area contributed by atoms with E-state index in [1.54, 1.807) is 6.20 Å². The Balaban J connectivity index is 1.88. The lowest BCUT2D eigenvalue weighted by molar-refractivity contribution is 0.765. The fraction of sp³-hybridized carbons (Fsp3) is 0.211. The molecular formula is C19H19N5. The summed E-state index contributed by atoms with van der Waals surface area (Å²) < 4.78 is 0. The minimum Gasteiger partial charge on any atom is -0.382 e. The standard InChI is InChI=1S/C19H19N5/c1-2-3-6-16-23-17-14-8-7-12(13-5-4-9-21-11-13)10-15(14)22-19(20)18(17)24-16/h4-5,7-11H,2-3,6H2,1H3,(H2,20,22)(H,23,24). The molecule has 4 rings (SSSR count). The number of H-pyrrole nitrogens is 1. The van der Waals surface area contributed by atoms with Gasteiger partial charge in [0, 0.05) is 29.8 Å². The van der Waals surface area contributed by atoms with Crippen LogP contribution in [-0.4, -0.2) is 19.9 Å². The van der Waals surface area contributed by atoms with Crippen molar-refractivity contribution in [2.45, 2.75) is 26.2 Å². The smallest absolute Gasteiger partial charge is 0.150 e. The van der Waals surface area contributed by atoms with Gasteiger partial charge in [-0.15, -0.1) is 0 Å². The molecule has 0 saturated carbocycles. The minimum atomic E-state index is 0.496. The number of hydrogen-bond acceptors (Lipinski definition) is 4. The summed E-state index contributed by atoms with van der Waals surface area (Å²) in [5.41, 5.74) is 10.9. The van der Waals surface area contributed by atoms with E-state index in [1.807, 2.05) is 24.4 Å². The van der Waals surface area contributed by atoms with Gasteiger partial charge in [-0.25, -0.2) is 9.97 Å². The number of nitrogen functional groups attached to an aromatic ring is 1. The maximum atomic E-state index is 6.16. The van der Waals surface area contributed by atoms with Gasteiger partial charge in [0.2, 0.25) is 0 Å². The number of aromatic nitrogens is 4. The lowest BCUT2D eigenvalue weighted by Crippen LogP contribution is -1.93. The third-order valence-corrected chi connectivity index (χ3v) is 4.26. The van der Waals surface area contributed by atoms with Crippen molar-refractivity contribution in [3.05, 3.63) is 48.5 Å². The zero-order valence-corrected chi connectivity index (χ0v) is 13.6. The van der Waals surface area contributed by atoms with Crippen LogP contribution in [0.1, 0.15) is 25.6 Å². The number of nitrogens with two attached hydrogens (primary N) is 1. The fourth-order valence-corrected chi connectivity index (χ4v) is 2.99. The molecular weight excluding hydrogens is 298 g/mol. The topological polar surface area (TPSA) is 80.5 Å². The average Bonchev–Trinajstić information content (AvgIpc) is 3.05. The maximum Gasteiger partial charge on any atom is 0.150 e. The number of nitrogens with one attached hydrogen (secondary N) is 1. The highest BCUT2D eigenvalue weighted by molar-refractivity contribution is 6.07. The molecule has 0 aliphatic carbocycles. The Morgan fingerprint density at radius 3 is 2.83 bits per heavy atom. The predicted octanol–water partition coefficient (Wildman–Crippen LogP) is 4.10. The molecule has 3 heterocycles. The Morgan fingerprint density at radius 2 is 2.04 bits per heavy atom. The number of aryl methyl sites for hydroxylation is 1. The summed E-state index contributed by atoms with van der Waals surface area (Å²) in [6, 6.07) is 10.2. The van der Waals surface area contributed by atoms with E-state index < -0.39 is 0 Å². The highest BCUT2D eigenvalue weighted by atomic mass is 15.0. The summed E-state index contributed by atoms with van der Waals surface area (Å²) in [6.45, 7) is 2.17. The van der Waals surface area contributed by atoms with Crippen molar-refractivity contribution < 1.29 is 0 Å². The second kappa shape index (κ2) is 5.92. The number of benzene rings is 1. The molecule has 0 spiro atoms. The first-order valence-corrected chi connectivity index (χ1v) is 8.24. The van der Waals surface area contributed by atoms with Gasteiger partial charge >= 0.3 is 0 Å². The zero-order valence-electron chi connectivity index (χ0n) is 13.6. The average molecular weight is 317 g/mol. The van der Waals surface area contributed by atoms with Gasteiger partial charge in [0.1, 0.15) is 22.7 Å². The first-order chi connectivity index (χ1) is 11.8. The Morgan fingerprint density at radius 1 is 1.12 bits per heavy atom. The number of imidazole rings is 1. The van der Waals surface area contributed by atoms with E-state index in [2.05, 4.69) is 34.0 Å². The molecule has 0 radical (unpaired) electrons. The van der Waals surface area contributed by atoms with Gasteiger partial charge in [0.05, 0.1) is 5.52 Å². The molecule has 0 saturated heterocycles. The lowest BCUT2D eigenvalue weighted by atomic mass is 10.0. The molecule has 0 unspecified atom stereocenters. The van der Waals surface area contributed by atoms with Crippen molar-refractivity contribution in [3.63, 3.8) is 0 Å². The quantitative estimate of drug-likeness (QED) is 0.594. The van der Waals surface area contributed by atoms with Crippen molar-refractivity contribution in [1.29, 1.82) is 0 Å². The zero-order chi connectivity index (χ0) is 16.5. The van der Waals surface area contributed by atoms with Crippen LogP contribution in [-0.2, 0) is 6.42 Å². The molecule has 4 aromatic rings. The van der Waals surface area contributed by atoms with E-state index in [0.29, 0.717) is 5.82 Å². The number of fused-ring (bicyclic) bond motifs is 3. The number of aromatic amines is 1. The number of unbranched alkanes of at least 4 members (excludes halogenated alkanes) is 1. The van der Waals surface area contributed by atoms with Crippen LogP contribution in [0.3, 0.4) is 0 Å². The Bertz CT molecular complexity index is 1000. The first kappa shape index (κ1) is 14.6. The summed E-state index contributed by atoms with van der Waals surface area (Å²) in [5.74, 6) is 1.47. The van der Waals surface area contributed by atoms with Crippen LogP contribution in [0, 0.1) is 0 Å². The van der Waals surface area contributed by atoms with Crippen molar-refractivity contribution in [1.82, 2.24) is 19.9 Å². The van der Waals surface area contributed by atoms with Crippen LogP contribution in [0.25, 0.3) is 33.1 Å². The van der Waals surface area contributed by atoms with Crippen LogP contribution < -0.4 is 5.73 Å². The number of rotatable bonds is 4.